The van der Waals surface area contributed by atoms with E-state index in [1.54, 1.807) is 24.3 Å². The van der Waals surface area contributed by atoms with Gasteiger partial charge in [-0.25, -0.2) is 4.79 Å². The Hall–Kier alpha value is -2.04. The standard InChI is InChI=1S/C15H20N2O3/c1-11(12-6-5-7-12)16-15(20)17(10-14(18)19)13-8-3-2-4-9-13/h2-4,8-9,11-12H,5-7,10H2,1H3,(H,16,20)(H,18,19). The van der Waals surface area contributed by atoms with Crippen LogP contribution in [0.5, 0.6) is 0 Å². The van der Waals surface area contributed by atoms with E-state index >= 15 is 0 Å². The monoisotopic (exact) mass is 276 g/mol. The number of carboxylic acids is 1. The normalized spacial score (nSPS) is 16.1. The minimum Gasteiger partial charge on any atom is -0.480 e. The minimum atomic E-state index is -1.03. The molecule has 0 aromatic heterocycles. The van der Waals surface area contributed by atoms with Crippen molar-refractivity contribution in [1.82, 2.24) is 5.32 Å². The molecule has 0 bridgehead atoms. The summed E-state index contributed by atoms with van der Waals surface area (Å²) in [5, 5.41) is 11.9. The van der Waals surface area contributed by atoms with Crippen molar-refractivity contribution < 1.29 is 14.7 Å². The van der Waals surface area contributed by atoms with Gasteiger partial charge >= 0.3 is 12.0 Å². The fourth-order valence-electron chi connectivity index (χ4n) is 2.35. The molecule has 108 valence electrons. The third-order valence-electron chi connectivity index (χ3n) is 3.81. The third-order valence-corrected chi connectivity index (χ3v) is 3.81. The number of aliphatic carboxylic acids is 1. The van der Waals surface area contributed by atoms with Crippen LogP contribution in [0.15, 0.2) is 30.3 Å². The number of benzene rings is 1. The number of carboxylic acid groups (broad SMARTS) is 1. The molecule has 1 aliphatic carbocycles. The van der Waals surface area contributed by atoms with Crippen LogP contribution >= 0.6 is 0 Å². The molecule has 1 atom stereocenters. The molecule has 0 spiro atoms. The Labute approximate surface area is 118 Å². The van der Waals surface area contributed by atoms with Crippen molar-refractivity contribution in [2.24, 2.45) is 5.92 Å². The predicted molar refractivity (Wildman–Crippen MR) is 76.8 cm³/mol. The Morgan fingerprint density at radius 2 is 2.00 bits per heavy atom. The minimum absolute atomic E-state index is 0.0799. The van der Waals surface area contributed by atoms with Gasteiger partial charge in [-0.15, -0.1) is 0 Å². The lowest BCUT2D eigenvalue weighted by atomic mass is 9.80. The molecule has 1 aromatic rings. The van der Waals surface area contributed by atoms with Crippen LogP contribution in [0.4, 0.5) is 10.5 Å². The summed E-state index contributed by atoms with van der Waals surface area (Å²) in [6, 6.07) is 8.60. The van der Waals surface area contributed by atoms with Crippen LogP contribution in [-0.4, -0.2) is 29.7 Å². The molecular weight excluding hydrogens is 256 g/mol. The van der Waals surface area contributed by atoms with Crippen LogP contribution in [0.25, 0.3) is 0 Å². The highest BCUT2D eigenvalue weighted by Gasteiger charge is 2.27. The van der Waals surface area contributed by atoms with Gasteiger partial charge < -0.3 is 10.4 Å². The van der Waals surface area contributed by atoms with Crippen molar-refractivity contribution in [2.45, 2.75) is 32.2 Å². The van der Waals surface area contributed by atoms with Gasteiger partial charge in [0.1, 0.15) is 6.54 Å². The number of carbonyl (C=O) groups is 2. The van der Waals surface area contributed by atoms with E-state index in [-0.39, 0.29) is 18.6 Å². The summed E-state index contributed by atoms with van der Waals surface area (Å²) in [4.78, 5) is 24.5. The lowest BCUT2D eigenvalue weighted by Gasteiger charge is -2.33. The molecule has 1 unspecified atom stereocenters. The van der Waals surface area contributed by atoms with E-state index in [0.717, 1.165) is 12.8 Å². The highest BCUT2D eigenvalue weighted by molar-refractivity contribution is 5.96. The lowest BCUT2D eigenvalue weighted by molar-refractivity contribution is -0.135. The number of hydrogen-bond acceptors (Lipinski definition) is 2. The molecule has 20 heavy (non-hydrogen) atoms. The molecule has 1 fully saturated rings. The van der Waals surface area contributed by atoms with Gasteiger partial charge in [-0.2, -0.15) is 0 Å². The summed E-state index contributed by atoms with van der Waals surface area (Å²) < 4.78 is 0. The lowest BCUT2D eigenvalue weighted by Crippen LogP contribution is -2.49. The first-order valence-electron chi connectivity index (χ1n) is 6.93. The van der Waals surface area contributed by atoms with Gasteiger partial charge in [0.25, 0.3) is 0 Å². The molecule has 5 nitrogen and oxygen atoms in total. The highest BCUT2D eigenvalue weighted by Crippen LogP contribution is 2.29. The third kappa shape index (κ3) is 3.50. The number of anilines is 1. The zero-order valence-electron chi connectivity index (χ0n) is 11.6. The number of hydrogen-bond donors (Lipinski definition) is 2. The molecule has 1 aromatic carbocycles. The Morgan fingerprint density at radius 1 is 1.35 bits per heavy atom. The van der Waals surface area contributed by atoms with E-state index in [2.05, 4.69) is 5.32 Å². The van der Waals surface area contributed by atoms with Gasteiger partial charge in [-0.05, 0) is 37.8 Å². The molecular formula is C15H20N2O3. The molecule has 2 amide bonds. The van der Waals surface area contributed by atoms with E-state index in [1.807, 2.05) is 13.0 Å². The second-order valence-electron chi connectivity index (χ2n) is 5.24. The summed E-state index contributed by atoms with van der Waals surface area (Å²) >= 11 is 0. The van der Waals surface area contributed by atoms with Crippen molar-refractivity contribution in [3.63, 3.8) is 0 Å². The van der Waals surface area contributed by atoms with Gasteiger partial charge in [0.2, 0.25) is 0 Å². The first-order chi connectivity index (χ1) is 9.58. The van der Waals surface area contributed by atoms with Crippen LogP contribution in [-0.2, 0) is 4.79 Å². The van der Waals surface area contributed by atoms with E-state index in [9.17, 15) is 9.59 Å². The Morgan fingerprint density at radius 3 is 2.50 bits per heavy atom. The van der Waals surface area contributed by atoms with Crippen LogP contribution < -0.4 is 10.2 Å². The number of para-hydroxylation sites is 1. The van der Waals surface area contributed by atoms with Crippen molar-refractivity contribution in [3.05, 3.63) is 30.3 Å². The molecule has 1 saturated carbocycles. The number of rotatable bonds is 5. The molecule has 2 N–H and O–H groups in total. The summed E-state index contributed by atoms with van der Waals surface area (Å²) in [6.45, 7) is 1.64. The highest BCUT2D eigenvalue weighted by atomic mass is 16.4. The van der Waals surface area contributed by atoms with E-state index in [4.69, 9.17) is 5.11 Å². The fraction of sp³-hybridized carbons (Fsp3) is 0.467. The smallest absolute Gasteiger partial charge is 0.323 e. The number of nitrogens with one attached hydrogen (secondary N) is 1. The Balaban J connectivity index is 2.05. The topological polar surface area (TPSA) is 69.6 Å². The Bertz CT molecular complexity index is 471. The number of nitrogens with zero attached hydrogens (tertiary/aromatic N) is 1. The van der Waals surface area contributed by atoms with Crippen LogP contribution in [0.1, 0.15) is 26.2 Å². The maximum atomic E-state index is 12.3. The van der Waals surface area contributed by atoms with Crippen molar-refractivity contribution in [2.75, 3.05) is 11.4 Å². The van der Waals surface area contributed by atoms with E-state index < -0.39 is 5.97 Å². The second-order valence-corrected chi connectivity index (χ2v) is 5.24. The van der Waals surface area contributed by atoms with E-state index in [0.29, 0.717) is 11.6 Å². The van der Waals surface area contributed by atoms with Crippen LogP contribution in [0.2, 0.25) is 0 Å². The first kappa shape index (κ1) is 14.4. The maximum absolute atomic E-state index is 12.3. The Kier molecular flexibility index (Phi) is 4.61. The summed E-state index contributed by atoms with van der Waals surface area (Å²) in [5.74, 6) is -0.512. The summed E-state index contributed by atoms with van der Waals surface area (Å²) in [5.41, 5.74) is 0.591. The second kappa shape index (κ2) is 6.41. The number of carbonyl (C=O) groups excluding carboxylic acids is 1. The molecule has 0 saturated heterocycles. The van der Waals surface area contributed by atoms with Crippen molar-refractivity contribution in [1.29, 1.82) is 0 Å². The average Bonchev–Trinajstić information content (AvgIpc) is 2.34. The molecule has 0 heterocycles. The average molecular weight is 276 g/mol. The van der Waals surface area contributed by atoms with Gasteiger partial charge in [-0.3, -0.25) is 9.69 Å². The van der Waals surface area contributed by atoms with Crippen LogP contribution in [0.3, 0.4) is 0 Å². The molecule has 1 aliphatic rings. The quantitative estimate of drug-likeness (QED) is 0.868. The molecule has 0 radical (unpaired) electrons. The fourth-order valence-corrected chi connectivity index (χ4v) is 2.35. The van der Waals surface area contributed by atoms with Gasteiger partial charge in [0.15, 0.2) is 0 Å². The van der Waals surface area contributed by atoms with Crippen molar-refractivity contribution in [3.8, 4) is 0 Å². The summed E-state index contributed by atoms with van der Waals surface area (Å²) in [6.07, 6.45) is 3.47. The van der Waals surface area contributed by atoms with Gasteiger partial charge in [0.05, 0.1) is 0 Å². The number of amides is 2. The number of urea groups is 1. The maximum Gasteiger partial charge on any atom is 0.323 e. The summed E-state index contributed by atoms with van der Waals surface area (Å²) in [7, 11) is 0. The SMILES string of the molecule is CC(NC(=O)N(CC(=O)O)c1ccccc1)C1CCC1. The van der Waals surface area contributed by atoms with Crippen molar-refractivity contribution >= 4 is 17.7 Å². The predicted octanol–water partition coefficient (Wildman–Crippen LogP) is 2.48. The zero-order chi connectivity index (χ0) is 14.5. The van der Waals surface area contributed by atoms with E-state index in [1.165, 1.54) is 11.3 Å². The van der Waals surface area contributed by atoms with Crippen LogP contribution in [0, 0.1) is 5.92 Å². The molecule has 0 aliphatic heterocycles. The molecule has 5 heteroatoms. The zero-order valence-corrected chi connectivity index (χ0v) is 11.6. The largest absolute Gasteiger partial charge is 0.480 e. The van der Waals surface area contributed by atoms with Gasteiger partial charge in [-0.1, -0.05) is 24.6 Å². The molecule has 2 rings (SSSR count). The first-order valence-corrected chi connectivity index (χ1v) is 6.93. The van der Waals surface area contributed by atoms with Gasteiger partial charge in [0, 0.05) is 11.7 Å².